The SMILES string of the molecule is CCOCCC1(CNC(=NC)NCC(C)(C)CN(C)C)CCCC1.I. The predicted molar refractivity (Wildman–Crippen MR) is 119 cm³/mol. The molecule has 6 heteroatoms. The molecule has 0 aliphatic heterocycles. The minimum atomic E-state index is 0. The number of aliphatic imine (C=N–C) groups is 1. The summed E-state index contributed by atoms with van der Waals surface area (Å²) >= 11 is 0. The van der Waals surface area contributed by atoms with E-state index in [0.29, 0.717) is 5.41 Å². The summed E-state index contributed by atoms with van der Waals surface area (Å²) in [6, 6.07) is 0. The number of rotatable bonds is 10. The average Bonchev–Trinajstić information content (AvgIpc) is 2.95. The number of guanidine groups is 1. The summed E-state index contributed by atoms with van der Waals surface area (Å²) in [5, 5.41) is 7.08. The van der Waals surface area contributed by atoms with Crippen LogP contribution in [0.1, 0.15) is 52.9 Å². The fourth-order valence-electron chi connectivity index (χ4n) is 3.80. The summed E-state index contributed by atoms with van der Waals surface area (Å²) in [4.78, 5) is 6.64. The van der Waals surface area contributed by atoms with Gasteiger partial charge < -0.3 is 20.3 Å². The van der Waals surface area contributed by atoms with Gasteiger partial charge >= 0.3 is 0 Å². The highest BCUT2D eigenvalue weighted by Gasteiger charge is 2.33. The molecule has 0 heterocycles. The molecule has 0 radical (unpaired) electrons. The molecule has 0 amide bonds. The summed E-state index contributed by atoms with van der Waals surface area (Å²) in [7, 11) is 6.10. The Hall–Kier alpha value is -0.0800. The first-order valence-corrected chi connectivity index (χ1v) is 9.49. The van der Waals surface area contributed by atoms with E-state index in [2.05, 4.69) is 55.4 Å². The normalized spacial score (nSPS) is 17.5. The smallest absolute Gasteiger partial charge is 0.191 e. The van der Waals surface area contributed by atoms with E-state index >= 15 is 0 Å². The van der Waals surface area contributed by atoms with Gasteiger partial charge in [0.05, 0.1) is 0 Å². The van der Waals surface area contributed by atoms with Crippen LogP contribution in [-0.2, 0) is 4.74 Å². The van der Waals surface area contributed by atoms with Crippen LogP contribution in [0.15, 0.2) is 4.99 Å². The highest BCUT2D eigenvalue weighted by molar-refractivity contribution is 14.0. The maximum Gasteiger partial charge on any atom is 0.191 e. The van der Waals surface area contributed by atoms with Crippen molar-refractivity contribution in [1.82, 2.24) is 15.5 Å². The van der Waals surface area contributed by atoms with Gasteiger partial charge in [0.2, 0.25) is 0 Å². The molecule has 1 fully saturated rings. The molecule has 0 aromatic heterocycles. The van der Waals surface area contributed by atoms with Gasteiger partial charge in [-0.2, -0.15) is 0 Å². The van der Waals surface area contributed by atoms with Crippen LogP contribution in [0, 0.1) is 10.8 Å². The lowest BCUT2D eigenvalue weighted by molar-refractivity contribution is 0.105. The number of hydrogen-bond acceptors (Lipinski definition) is 3. The van der Waals surface area contributed by atoms with Gasteiger partial charge in [-0.25, -0.2) is 0 Å². The molecule has 0 unspecified atom stereocenters. The van der Waals surface area contributed by atoms with Crippen LogP contribution in [0.4, 0.5) is 0 Å². The number of nitrogens with one attached hydrogen (secondary N) is 2. The third-order valence-corrected chi connectivity index (χ3v) is 4.98. The van der Waals surface area contributed by atoms with Gasteiger partial charge in [-0.1, -0.05) is 26.7 Å². The van der Waals surface area contributed by atoms with Crippen molar-refractivity contribution in [1.29, 1.82) is 0 Å². The standard InChI is InChI=1S/C19H40N4O.HI/c1-7-24-13-12-19(10-8-9-11-19)15-22-17(20-4)21-14-18(2,3)16-23(5)6;/h7-16H2,1-6H3,(H2,20,21,22);1H. The molecule has 5 nitrogen and oxygen atoms in total. The molecule has 1 aliphatic rings. The van der Waals surface area contributed by atoms with Crippen molar-refractivity contribution in [3.05, 3.63) is 0 Å². The van der Waals surface area contributed by atoms with Crippen LogP contribution in [0.3, 0.4) is 0 Å². The van der Waals surface area contributed by atoms with Crippen LogP contribution < -0.4 is 10.6 Å². The molecule has 0 spiro atoms. The monoisotopic (exact) mass is 468 g/mol. The van der Waals surface area contributed by atoms with Gasteiger partial charge in [0.1, 0.15) is 0 Å². The van der Waals surface area contributed by atoms with E-state index in [9.17, 15) is 0 Å². The van der Waals surface area contributed by atoms with Gasteiger partial charge in [-0.3, -0.25) is 4.99 Å². The van der Waals surface area contributed by atoms with Crippen molar-refractivity contribution in [3.63, 3.8) is 0 Å². The molecule has 0 aromatic rings. The number of hydrogen-bond donors (Lipinski definition) is 2. The Kier molecular flexibility index (Phi) is 12.3. The van der Waals surface area contributed by atoms with E-state index < -0.39 is 0 Å². The Morgan fingerprint density at radius 2 is 1.84 bits per heavy atom. The first-order chi connectivity index (χ1) is 11.3. The molecular formula is C19H41IN4O. The quantitative estimate of drug-likeness (QED) is 0.224. The molecule has 0 aromatic carbocycles. The molecule has 25 heavy (non-hydrogen) atoms. The molecule has 0 atom stereocenters. The molecule has 1 aliphatic carbocycles. The van der Waals surface area contributed by atoms with E-state index in [1.54, 1.807) is 0 Å². The minimum absolute atomic E-state index is 0. The molecule has 1 rings (SSSR count). The third-order valence-electron chi connectivity index (χ3n) is 4.98. The number of nitrogens with zero attached hydrogens (tertiary/aromatic N) is 2. The number of ether oxygens (including phenoxy) is 1. The average molecular weight is 468 g/mol. The van der Waals surface area contributed by atoms with Crippen LogP contribution in [0.5, 0.6) is 0 Å². The summed E-state index contributed by atoms with van der Waals surface area (Å²) in [5.41, 5.74) is 0.590. The van der Waals surface area contributed by atoms with Gasteiger partial charge in [0.25, 0.3) is 0 Å². The van der Waals surface area contributed by atoms with Crippen molar-refractivity contribution < 1.29 is 4.74 Å². The first kappa shape index (κ1) is 24.9. The Labute approximate surface area is 172 Å². The van der Waals surface area contributed by atoms with Crippen LogP contribution in [-0.4, -0.2) is 64.9 Å². The summed E-state index contributed by atoms with van der Waals surface area (Å²) < 4.78 is 5.60. The zero-order valence-electron chi connectivity index (χ0n) is 17.3. The lowest BCUT2D eigenvalue weighted by atomic mass is 9.83. The van der Waals surface area contributed by atoms with Crippen molar-refractivity contribution >= 4 is 29.9 Å². The fourth-order valence-corrected chi connectivity index (χ4v) is 3.80. The topological polar surface area (TPSA) is 48.9 Å². The molecule has 0 bridgehead atoms. The summed E-state index contributed by atoms with van der Waals surface area (Å²) in [6.07, 6.45) is 6.44. The van der Waals surface area contributed by atoms with E-state index in [1.807, 2.05) is 7.05 Å². The lowest BCUT2D eigenvalue weighted by Crippen LogP contribution is -2.47. The molecule has 0 saturated heterocycles. The van der Waals surface area contributed by atoms with Crippen LogP contribution >= 0.6 is 24.0 Å². The van der Waals surface area contributed by atoms with E-state index in [-0.39, 0.29) is 29.4 Å². The second-order valence-electron chi connectivity index (χ2n) is 8.34. The highest BCUT2D eigenvalue weighted by atomic mass is 127. The first-order valence-electron chi connectivity index (χ1n) is 9.49. The third kappa shape index (κ3) is 9.99. The summed E-state index contributed by atoms with van der Waals surface area (Å²) in [6.45, 7) is 11.3. The molecule has 1 saturated carbocycles. The molecule has 150 valence electrons. The zero-order valence-corrected chi connectivity index (χ0v) is 19.6. The fraction of sp³-hybridized carbons (Fsp3) is 0.947. The zero-order chi connectivity index (χ0) is 18.1. The minimum Gasteiger partial charge on any atom is -0.382 e. The second-order valence-corrected chi connectivity index (χ2v) is 8.34. The van der Waals surface area contributed by atoms with E-state index in [4.69, 9.17) is 4.74 Å². The van der Waals surface area contributed by atoms with Gasteiger partial charge in [0, 0.05) is 39.9 Å². The van der Waals surface area contributed by atoms with Crippen molar-refractivity contribution in [2.45, 2.75) is 52.9 Å². The van der Waals surface area contributed by atoms with E-state index in [0.717, 1.165) is 45.2 Å². The molecule has 2 N–H and O–H groups in total. The van der Waals surface area contributed by atoms with Gasteiger partial charge in [0.15, 0.2) is 5.96 Å². The Morgan fingerprint density at radius 1 is 1.20 bits per heavy atom. The molecular weight excluding hydrogens is 427 g/mol. The Morgan fingerprint density at radius 3 is 2.36 bits per heavy atom. The van der Waals surface area contributed by atoms with Gasteiger partial charge in [-0.05, 0) is 51.1 Å². The van der Waals surface area contributed by atoms with Crippen molar-refractivity contribution in [3.8, 4) is 0 Å². The highest BCUT2D eigenvalue weighted by Crippen LogP contribution is 2.40. The van der Waals surface area contributed by atoms with Crippen molar-refractivity contribution in [2.24, 2.45) is 15.8 Å². The van der Waals surface area contributed by atoms with Gasteiger partial charge in [-0.15, -0.1) is 24.0 Å². The van der Waals surface area contributed by atoms with Crippen LogP contribution in [0.25, 0.3) is 0 Å². The summed E-state index contributed by atoms with van der Waals surface area (Å²) in [5.74, 6) is 0.921. The number of halogens is 1. The van der Waals surface area contributed by atoms with E-state index in [1.165, 1.54) is 25.7 Å². The maximum atomic E-state index is 5.60. The Bertz CT molecular complexity index is 380. The van der Waals surface area contributed by atoms with Crippen molar-refractivity contribution in [2.75, 3.05) is 54.0 Å². The Balaban J connectivity index is 0.00000576. The largest absolute Gasteiger partial charge is 0.382 e. The predicted octanol–water partition coefficient (Wildman–Crippen LogP) is 3.34. The van der Waals surface area contributed by atoms with Crippen LogP contribution in [0.2, 0.25) is 0 Å². The lowest BCUT2D eigenvalue weighted by Gasteiger charge is -2.32. The second kappa shape index (κ2) is 12.3. The maximum absolute atomic E-state index is 5.60.